The molecule has 1 amide bonds. The first kappa shape index (κ1) is 12.5. The summed E-state index contributed by atoms with van der Waals surface area (Å²) in [6.45, 7) is 5.56. The Morgan fingerprint density at radius 2 is 2.38 bits per heavy atom. The van der Waals surface area contributed by atoms with Crippen LogP contribution < -0.4 is 5.32 Å². The summed E-state index contributed by atoms with van der Waals surface area (Å²) < 4.78 is 6.62. The maximum Gasteiger partial charge on any atom is 0.406 e. The molecule has 0 aromatic carbocycles. The van der Waals surface area contributed by atoms with Gasteiger partial charge in [-0.15, -0.1) is 0 Å². The molecule has 0 aliphatic rings. The number of carbonyl (C=O) groups excluding carboxylic acids is 1. The SMILES string of the molecule is CCc1nc(C)cn1CCCNC(=O)OC. The predicted molar refractivity (Wildman–Crippen MR) is 61.4 cm³/mol. The van der Waals surface area contributed by atoms with Crippen LogP contribution in [0.1, 0.15) is 24.9 Å². The number of imidazole rings is 1. The van der Waals surface area contributed by atoms with Gasteiger partial charge in [0.2, 0.25) is 0 Å². The average molecular weight is 225 g/mol. The number of nitrogens with zero attached hydrogens (tertiary/aromatic N) is 2. The molecule has 90 valence electrons. The molecule has 5 nitrogen and oxygen atoms in total. The average Bonchev–Trinajstić information content (AvgIpc) is 2.64. The van der Waals surface area contributed by atoms with Crippen LogP contribution in [0.4, 0.5) is 4.79 Å². The van der Waals surface area contributed by atoms with Gasteiger partial charge in [-0.1, -0.05) is 6.92 Å². The molecule has 0 fully saturated rings. The number of aromatic nitrogens is 2. The van der Waals surface area contributed by atoms with Gasteiger partial charge in [0.1, 0.15) is 5.82 Å². The molecule has 0 unspecified atom stereocenters. The van der Waals surface area contributed by atoms with E-state index >= 15 is 0 Å². The summed E-state index contributed by atoms with van der Waals surface area (Å²) in [4.78, 5) is 15.2. The fourth-order valence-corrected chi connectivity index (χ4v) is 1.58. The van der Waals surface area contributed by atoms with Gasteiger partial charge >= 0.3 is 6.09 Å². The lowest BCUT2D eigenvalue weighted by molar-refractivity contribution is 0.171. The quantitative estimate of drug-likeness (QED) is 0.773. The highest BCUT2D eigenvalue weighted by Gasteiger charge is 2.03. The van der Waals surface area contributed by atoms with Crippen molar-refractivity contribution in [1.29, 1.82) is 0 Å². The number of alkyl carbamates (subject to hydrolysis) is 1. The first-order valence-electron chi connectivity index (χ1n) is 5.51. The van der Waals surface area contributed by atoms with Crippen LogP contribution in [-0.2, 0) is 17.7 Å². The van der Waals surface area contributed by atoms with Crippen molar-refractivity contribution >= 4 is 6.09 Å². The van der Waals surface area contributed by atoms with Crippen LogP contribution in [0.5, 0.6) is 0 Å². The molecule has 1 heterocycles. The van der Waals surface area contributed by atoms with Crippen LogP contribution in [0.15, 0.2) is 6.20 Å². The van der Waals surface area contributed by atoms with E-state index in [9.17, 15) is 4.79 Å². The molecule has 0 aliphatic carbocycles. The van der Waals surface area contributed by atoms with Crippen LogP contribution in [0, 0.1) is 6.92 Å². The minimum absolute atomic E-state index is 0.377. The van der Waals surface area contributed by atoms with E-state index in [0.717, 1.165) is 30.9 Å². The smallest absolute Gasteiger partial charge is 0.406 e. The fraction of sp³-hybridized carbons (Fsp3) is 0.636. The van der Waals surface area contributed by atoms with E-state index in [1.807, 2.05) is 13.1 Å². The lowest BCUT2D eigenvalue weighted by atomic mass is 10.4. The van der Waals surface area contributed by atoms with E-state index in [4.69, 9.17) is 0 Å². The number of nitrogens with one attached hydrogen (secondary N) is 1. The molecular formula is C11H19N3O2. The Balaban J connectivity index is 2.34. The van der Waals surface area contributed by atoms with Gasteiger partial charge in [0.25, 0.3) is 0 Å². The second kappa shape index (κ2) is 6.15. The fourth-order valence-electron chi connectivity index (χ4n) is 1.58. The molecule has 1 aromatic heterocycles. The van der Waals surface area contributed by atoms with Crippen LogP contribution >= 0.6 is 0 Å². The van der Waals surface area contributed by atoms with Gasteiger partial charge in [-0.25, -0.2) is 9.78 Å². The molecule has 0 saturated carbocycles. The Hall–Kier alpha value is -1.52. The van der Waals surface area contributed by atoms with Crippen molar-refractivity contribution in [2.45, 2.75) is 33.2 Å². The molecule has 1 aromatic rings. The van der Waals surface area contributed by atoms with Gasteiger partial charge in [-0.05, 0) is 13.3 Å². The minimum atomic E-state index is -0.377. The molecule has 5 heteroatoms. The Morgan fingerprint density at radius 1 is 1.62 bits per heavy atom. The highest BCUT2D eigenvalue weighted by molar-refractivity contribution is 5.66. The number of amides is 1. The molecule has 16 heavy (non-hydrogen) atoms. The van der Waals surface area contributed by atoms with E-state index in [1.165, 1.54) is 7.11 Å². The number of ether oxygens (including phenoxy) is 1. The zero-order chi connectivity index (χ0) is 12.0. The maximum atomic E-state index is 10.8. The monoisotopic (exact) mass is 225 g/mol. The molecule has 1 rings (SSSR count). The second-order valence-corrected chi connectivity index (χ2v) is 3.62. The molecule has 0 radical (unpaired) electrons. The van der Waals surface area contributed by atoms with Crippen molar-refractivity contribution in [2.24, 2.45) is 0 Å². The number of methoxy groups -OCH3 is 1. The Kier molecular flexibility index (Phi) is 4.82. The van der Waals surface area contributed by atoms with E-state index in [2.05, 4.69) is 26.5 Å². The summed E-state index contributed by atoms with van der Waals surface area (Å²) in [6.07, 6.45) is 3.46. The van der Waals surface area contributed by atoms with Crippen molar-refractivity contribution in [2.75, 3.05) is 13.7 Å². The zero-order valence-electron chi connectivity index (χ0n) is 10.1. The Bertz CT molecular complexity index is 347. The van der Waals surface area contributed by atoms with Crippen molar-refractivity contribution < 1.29 is 9.53 Å². The minimum Gasteiger partial charge on any atom is -0.453 e. The number of aryl methyl sites for hydroxylation is 3. The number of carbonyl (C=O) groups is 1. The van der Waals surface area contributed by atoms with Crippen molar-refractivity contribution in [3.05, 3.63) is 17.7 Å². The maximum absolute atomic E-state index is 10.8. The van der Waals surface area contributed by atoms with Crippen LogP contribution in [0.3, 0.4) is 0 Å². The van der Waals surface area contributed by atoms with Crippen LogP contribution in [0.2, 0.25) is 0 Å². The highest BCUT2D eigenvalue weighted by Crippen LogP contribution is 2.04. The predicted octanol–water partition coefficient (Wildman–Crippen LogP) is 1.50. The molecule has 0 atom stereocenters. The number of rotatable bonds is 5. The summed E-state index contributed by atoms with van der Waals surface area (Å²) in [5, 5.41) is 2.65. The van der Waals surface area contributed by atoms with Gasteiger partial charge in [0.05, 0.1) is 12.8 Å². The summed E-state index contributed by atoms with van der Waals surface area (Å²) in [5.41, 5.74) is 1.04. The zero-order valence-corrected chi connectivity index (χ0v) is 10.1. The summed E-state index contributed by atoms with van der Waals surface area (Å²) in [5.74, 6) is 1.09. The van der Waals surface area contributed by atoms with Crippen LogP contribution in [0.25, 0.3) is 0 Å². The summed E-state index contributed by atoms with van der Waals surface area (Å²) in [6, 6.07) is 0. The topological polar surface area (TPSA) is 56.2 Å². The van der Waals surface area contributed by atoms with Crippen molar-refractivity contribution in [3.63, 3.8) is 0 Å². The molecule has 0 saturated heterocycles. The van der Waals surface area contributed by atoms with Crippen molar-refractivity contribution in [1.82, 2.24) is 14.9 Å². The Labute approximate surface area is 95.8 Å². The molecule has 1 N–H and O–H groups in total. The van der Waals surface area contributed by atoms with E-state index in [1.54, 1.807) is 0 Å². The number of hydrogen-bond donors (Lipinski definition) is 1. The molecule has 0 aliphatic heterocycles. The molecule has 0 spiro atoms. The third-order valence-corrected chi connectivity index (χ3v) is 2.33. The first-order chi connectivity index (χ1) is 7.67. The summed E-state index contributed by atoms with van der Waals surface area (Å²) in [7, 11) is 1.36. The van der Waals surface area contributed by atoms with Gasteiger partial charge in [0.15, 0.2) is 0 Å². The van der Waals surface area contributed by atoms with Gasteiger partial charge < -0.3 is 14.6 Å². The third kappa shape index (κ3) is 3.56. The number of hydrogen-bond acceptors (Lipinski definition) is 3. The van der Waals surface area contributed by atoms with Gasteiger partial charge in [0, 0.05) is 25.7 Å². The standard InChI is InChI=1S/C11H19N3O2/c1-4-10-13-9(2)8-14(10)7-5-6-12-11(15)16-3/h8H,4-7H2,1-3H3,(H,12,15). The van der Waals surface area contributed by atoms with Gasteiger partial charge in [-0.2, -0.15) is 0 Å². The Morgan fingerprint density at radius 3 is 3.00 bits per heavy atom. The summed E-state index contributed by atoms with van der Waals surface area (Å²) >= 11 is 0. The van der Waals surface area contributed by atoms with Crippen LogP contribution in [-0.4, -0.2) is 29.3 Å². The third-order valence-electron chi connectivity index (χ3n) is 2.33. The largest absolute Gasteiger partial charge is 0.453 e. The molecule has 0 bridgehead atoms. The second-order valence-electron chi connectivity index (χ2n) is 3.62. The normalized spacial score (nSPS) is 10.2. The van der Waals surface area contributed by atoms with E-state index < -0.39 is 0 Å². The van der Waals surface area contributed by atoms with E-state index in [0.29, 0.717) is 6.54 Å². The molecular weight excluding hydrogens is 206 g/mol. The van der Waals surface area contributed by atoms with Gasteiger partial charge in [-0.3, -0.25) is 0 Å². The highest BCUT2D eigenvalue weighted by atomic mass is 16.5. The first-order valence-corrected chi connectivity index (χ1v) is 5.51. The lowest BCUT2D eigenvalue weighted by Gasteiger charge is -2.06. The van der Waals surface area contributed by atoms with E-state index in [-0.39, 0.29) is 6.09 Å². The lowest BCUT2D eigenvalue weighted by Crippen LogP contribution is -2.24. The van der Waals surface area contributed by atoms with Crippen molar-refractivity contribution in [3.8, 4) is 0 Å².